The minimum absolute atomic E-state index is 0.0399. The van der Waals surface area contributed by atoms with Gasteiger partial charge in [0.15, 0.2) is 9.84 Å². The van der Waals surface area contributed by atoms with E-state index in [9.17, 15) is 18.3 Å². The van der Waals surface area contributed by atoms with Crippen LogP contribution >= 0.6 is 11.8 Å². The molecule has 1 fully saturated rings. The summed E-state index contributed by atoms with van der Waals surface area (Å²) in [6.07, 6.45) is 2.41. The van der Waals surface area contributed by atoms with E-state index < -0.39 is 21.9 Å². The van der Waals surface area contributed by atoms with Gasteiger partial charge in [0, 0.05) is 22.1 Å². The lowest BCUT2D eigenvalue weighted by Crippen LogP contribution is -2.40. The van der Waals surface area contributed by atoms with Crippen LogP contribution in [0.15, 0.2) is 53.4 Å². The van der Waals surface area contributed by atoms with Gasteiger partial charge in [-0.05, 0) is 42.5 Å². The van der Waals surface area contributed by atoms with Crippen molar-refractivity contribution in [1.82, 2.24) is 15.1 Å². The molecule has 1 amide bonds. The molecule has 0 saturated carbocycles. The highest BCUT2D eigenvalue weighted by Crippen LogP contribution is 2.46. The summed E-state index contributed by atoms with van der Waals surface area (Å²) in [4.78, 5) is 16.2. The third-order valence-electron chi connectivity index (χ3n) is 6.00. The van der Waals surface area contributed by atoms with Gasteiger partial charge in [0.25, 0.3) is 5.91 Å². The number of nitrogens with zero attached hydrogens (tertiary/aromatic N) is 2. The number of carbonyl (C=O) groups is 1. The Kier molecular flexibility index (Phi) is 4.82. The zero-order valence-corrected chi connectivity index (χ0v) is 18.4. The molecule has 2 atom stereocenters. The van der Waals surface area contributed by atoms with E-state index in [-0.39, 0.29) is 23.2 Å². The molecular formula is C22H21N3O4S2. The Balaban J connectivity index is 1.68. The first-order valence-electron chi connectivity index (χ1n) is 9.93. The number of amides is 1. The number of phenolic OH excluding ortho intramolecular Hbond substituents is 1. The van der Waals surface area contributed by atoms with Gasteiger partial charge >= 0.3 is 0 Å². The summed E-state index contributed by atoms with van der Waals surface area (Å²) in [5.41, 5.74) is 2.93. The van der Waals surface area contributed by atoms with Crippen LogP contribution in [0.4, 0.5) is 0 Å². The molecule has 2 N–H and O–H groups in total. The Morgan fingerprint density at radius 3 is 2.55 bits per heavy atom. The summed E-state index contributed by atoms with van der Waals surface area (Å²) in [6.45, 7) is 0. The first kappa shape index (κ1) is 20.1. The number of sulfone groups is 1. The summed E-state index contributed by atoms with van der Waals surface area (Å²) < 4.78 is 24.4. The maximum atomic E-state index is 13.4. The maximum absolute atomic E-state index is 13.4. The fraction of sp³-hybridized carbons (Fsp3) is 0.273. The minimum atomic E-state index is -3.18. The number of aromatic amines is 1. The predicted octanol–water partition coefficient (Wildman–Crippen LogP) is 3.24. The third-order valence-corrected chi connectivity index (χ3v) is 8.49. The molecule has 160 valence electrons. The second-order valence-electron chi connectivity index (χ2n) is 7.82. The van der Waals surface area contributed by atoms with Crippen LogP contribution in [-0.4, -0.2) is 58.3 Å². The Hall–Kier alpha value is -2.78. The van der Waals surface area contributed by atoms with E-state index in [4.69, 9.17) is 0 Å². The number of carbonyl (C=O) groups excluding carboxylic acids is 1. The predicted molar refractivity (Wildman–Crippen MR) is 119 cm³/mol. The number of fused-ring (bicyclic) bond motifs is 1. The highest BCUT2D eigenvalue weighted by atomic mass is 32.2. The number of rotatable bonds is 4. The van der Waals surface area contributed by atoms with Gasteiger partial charge in [-0.3, -0.25) is 9.89 Å². The molecule has 0 bridgehead atoms. The number of benzene rings is 2. The summed E-state index contributed by atoms with van der Waals surface area (Å²) in [5, 5.41) is 17.6. The van der Waals surface area contributed by atoms with E-state index in [1.165, 1.54) is 0 Å². The fourth-order valence-electron chi connectivity index (χ4n) is 4.53. The van der Waals surface area contributed by atoms with Crippen molar-refractivity contribution in [2.45, 2.75) is 23.4 Å². The Bertz CT molecular complexity index is 1270. The molecule has 2 aromatic carbocycles. The van der Waals surface area contributed by atoms with E-state index in [2.05, 4.69) is 10.2 Å². The zero-order chi connectivity index (χ0) is 21.8. The molecule has 0 spiro atoms. The van der Waals surface area contributed by atoms with E-state index in [1.807, 2.05) is 30.5 Å². The van der Waals surface area contributed by atoms with E-state index in [0.29, 0.717) is 28.9 Å². The summed E-state index contributed by atoms with van der Waals surface area (Å²) in [7, 11) is -3.18. The molecule has 2 aliphatic rings. The molecule has 31 heavy (non-hydrogen) atoms. The van der Waals surface area contributed by atoms with Crippen LogP contribution in [0.25, 0.3) is 11.3 Å². The van der Waals surface area contributed by atoms with Crippen LogP contribution in [0.1, 0.15) is 34.1 Å². The molecule has 0 aliphatic carbocycles. The lowest BCUT2D eigenvalue weighted by molar-refractivity contribution is 0.0677. The lowest BCUT2D eigenvalue weighted by Gasteiger charge is -2.31. The van der Waals surface area contributed by atoms with Crippen LogP contribution in [-0.2, 0) is 9.84 Å². The van der Waals surface area contributed by atoms with Gasteiger partial charge in [-0.1, -0.05) is 24.3 Å². The van der Waals surface area contributed by atoms with Gasteiger partial charge in [0.2, 0.25) is 0 Å². The second kappa shape index (κ2) is 7.42. The first-order valence-corrected chi connectivity index (χ1v) is 13.0. The zero-order valence-electron chi connectivity index (χ0n) is 16.8. The average molecular weight is 456 g/mol. The van der Waals surface area contributed by atoms with Crippen molar-refractivity contribution in [3.05, 3.63) is 65.4 Å². The standard InChI is InChI=1S/C22H21N3O4S2/c1-30-15-8-6-13(7-9-15)21-18-19(16-4-2-3-5-17(16)26)23-24-20(18)22(27)25(21)14-10-11-31(28,29)12-14/h2-9,14,21,26H,10-12H2,1H3,(H,23,24). The van der Waals surface area contributed by atoms with Crippen LogP contribution < -0.4 is 0 Å². The Morgan fingerprint density at radius 1 is 1.16 bits per heavy atom. The third kappa shape index (κ3) is 3.32. The summed E-state index contributed by atoms with van der Waals surface area (Å²) in [6, 6.07) is 13.9. The highest BCUT2D eigenvalue weighted by molar-refractivity contribution is 7.98. The topological polar surface area (TPSA) is 103 Å². The van der Waals surface area contributed by atoms with Gasteiger partial charge in [0.1, 0.15) is 17.1 Å². The van der Waals surface area contributed by atoms with Crippen molar-refractivity contribution in [3.63, 3.8) is 0 Å². The summed E-state index contributed by atoms with van der Waals surface area (Å²) >= 11 is 1.62. The number of nitrogens with one attached hydrogen (secondary N) is 1. The number of hydrogen-bond acceptors (Lipinski definition) is 6. The molecule has 3 heterocycles. The van der Waals surface area contributed by atoms with Crippen molar-refractivity contribution >= 4 is 27.5 Å². The van der Waals surface area contributed by atoms with Gasteiger partial charge in [-0.15, -0.1) is 11.8 Å². The largest absolute Gasteiger partial charge is 0.507 e. The first-order chi connectivity index (χ1) is 14.9. The lowest BCUT2D eigenvalue weighted by atomic mass is 9.95. The van der Waals surface area contributed by atoms with E-state index >= 15 is 0 Å². The fourth-order valence-corrected chi connectivity index (χ4v) is 6.65. The maximum Gasteiger partial charge on any atom is 0.273 e. The monoisotopic (exact) mass is 455 g/mol. The van der Waals surface area contributed by atoms with Crippen molar-refractivity contribution in [1.29, 1.82) is 0 Å². The number of aromatic nitrogens is 2. The quantitative estimate of drug-likeness (QED) is 0.586. The second-order valence-corrected chi connectivity index (χ2v) is 10.9. The number of thioether (sulfide) groups is 1. The van der Waals surface area contributed by atoms with Crippen molar-refractivity contribution in [3.8, 4) is 17.0 Å². The number of para-hydroxylation sites is 1. The Labute approximate surface area is 184 Å². The number of hydrogen-bond donors (Lipinski definition) is 2. The molecule has 5 rings (SSSR count). The normalized spacial score (nSPS) is 22.1. The van der Waals surface area contributed by atoms with Crippen LogP contribution in [0.2, 0.25) is 0 Å². The van der Waals surface area contributed by atoms with Gasteiger partial charge < -0.3 is 10.0 Å². The molecule has 2 aliphatic heterocycles. The number of aromatic hydroxyl groups is 1. The van der Waals surface area contributed by atoms with E-state index in [0.717, 1.165) is 10.5 Å². The van der Waals surface area contributed by atoms with E-state index in [1.54, 1.807) is 40.9 Å². The molecule has 3 aromatic rings. The number of H-pyrrole nitrogens is 1. The number of phenols is 1. The highest BCUT2D eigenvalue weighted by Gasteiger charge is 2.48. The van der Waals surface area contributed by atoms with Gasteiger partial charge in [-0.25, -0.2) is 8.42 Å². The van der Waals surface area contributed by atoms with Crippen molar-refractivity contribution in [2.75, 3.05) is 17.8 Å². The molecule has 9 heteroatoms. The van der Waals surface area contributed by atoms with Gasteiger partial charge in [0.05, 0.1) is 17.5 Å². The molecule has 7 nitrogen and oxygen atoms in total. The Morgan fingerprint density at radius 2 is 1.90 bits per heavy atom. The van der Waals surface area contributed by atoms with Crippen LogP contribution in [0.3, 0.4) is 0 Å². The molecule has 1 aromatic heterocycles. The molecule has 2 unspecified atom stereocenters. The average Bonchev–Trinajstić information content (AvgIpc) is 3.42. The summed E-state index contributed by atoms with van der Waals surface area (Å²) in [5.74, 6) is -0.146. The van der Waals surface area contributed by atoms with Crippen molar-refractivity contribution in [2.24, 2.45) is 0 Å². The van der Waals surface area contributed by atoms with Crippen LogP contribution in [0, 0.1) is 0 Å². The SMILES string of the molecule is CSc1ccc(C2c3c(-c4ccccc4O)n[nH]c3C(=O)N2C2CCS(=O)(=O)C2)cc1. The van der Waals surface area contributed by atoms with Crippen LogP contribution in [0.5, 0.6) is 5.75 Å². The molecule has 0 radical (unpaired) electrons. The van der Waals surface area contributed by atoms with Gasteiger partial charge in [-0.2, -0.15) is 5.10 Å². The minimum Gasteiger partial charge on any atom is -0.507 e. The molecular weight excluding hydrogens is 434 g/mol. The van der Waals surface area contributed by atoms with Crippen molar-refractivity contribution < 1.29 is 18.3 Å². The molecule has 1 saturated heterocycles. The smallest absolute Gasteiger partial charge is 0.273 e.